The van der Waals surface area contributed by atoms with Crippen LogP contribution in [0.25, 0.3) is 0 Å². The molecule has 0 saturated carbocycles. The normalized spacial score (nSPS) is 10.3. The molecule has 0 aromatic carbocycles. The van der Waals surface area contributed by atoms with Crippen LogP contribution in [0.2, 0.25) is 0 Å². The second kappa shape index (κ2) is 11.1. The van der Waals surface area contributed by atoms with Gasteiger partial charge in [0.05, 0.1) is 6.61 Å². The Bertz CT molecular complexity index is 470. The number of ether oxygens (including phenoxy) is 1. The van der Waals surface area contributed by atoms with Crippen molar-refractivity contribution in [3.63, 3.8) is 0 Å². The third-order valence-electron chi connectivity index (χ3n) is 2.49. The molecule has 2 amide bonds. The molecule has 0 saturated heterocycles. The summed E-state index contributed by atoms with van der Waals surface area (Å²) in [5.74, 6) is -0.520. The molecule has 0 aliphatic heterocycles. The van der Waals surface area contributed by atoms with Crippen LogP contribution in [0.4, 0.5) is 4.79 Å². The van der Waals surface area contributed by atoms with Crippen molar-refractivity contribution >= 4 is 12.0 Å². The Labute approximate surface area is 130 Å². The predicted octanol–water partition coefficient (Wildman–Crippen LogP) is 1.01. The number of rotatable bonds is 9. The van der Waals surface area contributed by atoms with Crippen molar-refractivity contribution in [2.75, 3.05) is 32.8 Å². The number of carbonyl (C=O) groups is 2. The first kappa shape index (κ1) is 19.4. The van der Waals surface area contributed by atoms with Crippen molar-refractivity contribution in [1.82, 2.24) is 9.80 Å². The zero-order valence-electron chi connectivity index (χ0n) is 12.8. The van der Waals surface area contributed by atoms with Gasteiger partial charge in [-0.1, -0.05) is 12.2 Å². The van der Waals surface area contributed by atoms with Crippen LogP contribution in [0.3, 0.4) is 0 Å². The van der Waals surface area contributed by atoms with Crippen molar-refractivity contribution in [2.45, 2.75) is 6.92 Å². The molecule has 0 spiro atoms. The molecule has 0 unspecified atom stereocenters. The van der Waals surface area contributed by atoms with Gasteiger partial charge >= 0.3 is 6.09 Å². The van der Waals surface area contributed by atoms with E-state index in [-0.39, 0.29) is 38.4 Å². The molecule has 0 fully saturated rings. The van der Waals surface area contributed by atoms with Gasteiger partial charge in [0.1, 0.15) is 11.6 Å². The van der Waals surface area contributed by atoms with E-state index in [9.17, 15) is 14.9 Å². The minimum atomic E-state index is -0.660. The van der Waals surface area contributed by atoms with Crippen molar-refractivity contribution in [3.05, 3.63) is 37.1 Å². The number of nitrogens with two attached hydrogens (primary N) is 1. The SMILES string of the molecule is C=CCN(CC=C)C(=O)/C(C#N)=C\N(CCN)C(=O)OCC. The maximum Gasteiger partial charge on any atom is 0.413 e. The summed E-state index contributed by atoms with van der Waals surface area (Å²) in [4.78, 5) is 26.6. The summed E-state index contributed by atoms with van der Waals surface area (Å²) < 4.78 is 4.86. The highest BCUT2D eigenvalue weighted by molar-refractivity contribution is 5.97. The van der Waals surface area contributed by atoms with Gasteiger partial charge in [0.15, 0.2) is 0 Å². The molecular formula is C15H22N4O3. The van der Waals surface area contributed by atoms with Gasteiger partial charge in [0.2, 0.25) is 0 Å². The molecule has 7 heteroatoms. The standard InChI is InChI=1S/C15H22N4O3/c1-4-8-18(9-5-2)14(20)13(11-17)12-19(10-7-16)15(21)22-6-3/h4-5,12H,1-2,6-10,16H2,3H3/b13-12-. The molecule has 2 N–H and O–H groups in total. The second-order valence-electron chi connectivity index (χ2n) is 4.12. The van der Waals surface area contributed by atoms with Gasteiger partial charge in [-0.15, -0.1) is 13.2 Å². The third-order valence-corrected chi connectivity index (χ3v) is 2.49. The summed E-state index contributed by atoms with van der Waals surface area (Å²) in [5.41, 5.74) is 5.24. The molecule has 0 bridgehead atoms. The quantitative estimate of drug-likeness (QED) is 0.389. The maximum atomic E-state index is 12.3. The molecule has 0 aromatic rings. The highest BCUT2D eigenvalue weighted by Gasteiger charge is 2.20. The molecule has 120 valence electrons. The van der Waals surface area contributed by atoms with Gasteiger partial charge in [-0.05, 0) is 6.92 Å². The van der Waals surface area contributed by atoms with Gasteiger partial charge in [-0.25, -0.2) is 4.79 Å². The van der Waals surface area contributed by atoms with E-state index in [4.69, 9.17) is 10.5 Å². The summed E-state index contributed by atoms with van der Waals surface area (Å²) in [6.07, 6.45) is 3.58. The molecule has 22 heavy (non-hydrogen) atoms. The highest BCUT2D eigenvalue weighted by atomic mass is 16.6. The first-order valence-corrected chi connectivity index (χ1v) is 6.82. The van der Waals surface area contributed by atoms with Crippen LogP contribution in [0, 0.1) is 11.3 Å². The smallest absolute Gasteiger partial charge is 0.413 e. The van der Waals surface area contributed by atoms with E-state index in [1.54, 1.807) is 25.1 Å². The van der Waals surface area contributed by atoms with Crippen LogP contribution in [-0.2, 0) is 9.53 Å². The van der Waals surface area contributed by atoms with Crippen molar-refractivity contribution < 1.29 is 14.3 Å². The average Bonchev–Trinajstić information content (AvgIpc) is 2.50. The lowest BCUT2D eigenvalue weighted by molar-refractivity contribution is -0.125. The van der Waals surface area contributed by atoms with Crippen LogP contribution in [0.1, 0.15) is 6.92 Å². The summed E-state index contributed by atoms with van der Waals surface area (Å²) >= 11 is 0. The number of nitrogens with zero attached hydrogens (tertiary/aromatic N) is 3. The van der Waals surface area contributed by atoms with E-state index in [1.165, 1.54) is 4.90 Å². The highest BCUT2D eigenvalue weighted by Crippen LogP contribution is 2.06. The van der Waals surface area contributed by atoms with Gasteiger partial charge in [0, 0.05) is 32.4 Å². The zero-order valence-corrected chi connectivity index (χ0v) is 12.8. The fourth-order valence-electron chi connectivity index (χ4n) is 1.56. The van der Waals surface area contributed by atoms with E-state index < -0.39 is 12.0 Å². The molecular weight excluding hydrogens is 284 g/mol. The van der Waals surface area contributed by atoms with Crippen LogP contribution in [0.5, 0.6) is 0 Å². The second-order valence-corrected chi connectivity index (χ2v) is 4.12. The topological polar surface area (TPSA) is 99.7 Å². The van der Waals surface area contributed by atoms with E-state index in [0.29, 0.717) is 0 Å². The summed E-state index contributed by atoms with van der Waals surface area (Å²) in [7, 11) is 0. The van der Waals surface area contributed by atoms with Gasteiger partial charge in [0.25, 0.3) is 5.91 Å². The van der Waals surface area contributed by atoms with Crippen LogP contribution < -0.4 is 5.73 Å². The monoisotopic (exact) mass is 306 g/mol. The van der Waals surface area contributed by atoms with Crippen LogP contribution in [0.15, 0.2) is 37.1 Å². The summed E-state index contributed by atoms with van der Waals surface area (Å²) in [5, 5.41) is 9.18. The minimum Gasteiger partial charge on any atom is -0.449 e. The van der Waals surface area contributed by atoms with Crippen molar-refractivity contribution in [3.8, 4) is 6.07 Å². The first-order valence-electron chi connectivity index (χ1n) is 6.82. The van der Waals surface area contributed by atoms with Crippen molar-refractivity contribution in [2.24, 2.45) is 5.73 Å². The van der Waals surface area contributed by atoms with Crippen molar-refractivity contribution in [1.29, 1.82) is 5.26 Å². The summed E-state index contributed by atoms with van der Waals surface area (Å²) in [6, 6.07) is 1.80. The fourth-order valence-corrected chi connectivity index (χ4v) is 1.56. The lowest BCUT2D eigenvalue weighted by Gasteiger charge is -2.21. The lowest BCUT2D eigenvalue weighted by atomic mass is 10.2. The van der Waals surface area contributed by atoms with E-state index >= 15 is 0 Å². The number of hydrogen-bond donors (Lipinski definition) is 1. The molecule has 0 aromatic heterocycles. The average molecular weight is 306 g/mol. The number of nitriles is 1. The Morgan fingerprint density at radius 1 is 1.32 bits per heavy atom. The number of carbonyl (C=O) groups excluding carboxylic acids is 2. The van der Waals surface area contributed by atoms with Gasteiger partial charge in [-0.2, -0.15) is 5.26 Å². The molecule has 7 nitrogen and oxygen atoms in total. The van der Waals surface area contributed by atoms with E-state index in [0.717, 1.165) is 11.1 Å². The van der Waals surface area contributed by atoms with Crippen LogP contribution >= 0.6 is 0 Å². The molecule has 0 heterocycles. The molecule has 0 radical (unpaired) electrons. The number of hydrogen-bond acceptors (Lipinski definition) is 5. The predicted molar refractivity (Wildman–Crippen MR) is 83.5 cm³/mol. The Kier molecular flexibility index (Phi) is 9.80. The molecule has 0 atom stereocenters. The van der Waals surface area contributed by atoms with Gasteiger partial charge < -0.3 is 15.4 Å². The molecule has 0 aliphatic carbocycles. The largest absolute Gasteiger partial charge is 0.449 e. The Balaban J connectivity index is 5.35. The Morgan fingerprint density at radius 2 is 1.91 bits per heavy atom. The maximum absolute atomic E-state index is 12.3. The molecule has 0 rings (SSSR count). The zero-order chi connectivity index (χ0) is 17.0. The number of amides is 2. The van der Waals surface area contributed by atoms with E-state index in [1.807, 2.05) is 0 Å². The van der Waals surface area contributed by atoms with Crippen LogP contribution in [-0.4, -0.2) is 54.6 Å². The first-order chi connectivity index (χ1) is 10.5. The third kappa shape index (κ3) is 6.24. The lowest BCUT2D eigenvalue weighted by Crippen LogP contribution is -2.35. The minimum absolute atomic E-state index is 0.139. The summed E-state index contributed by atoms with van der Waals surface area (Å²) in [6.45, 7) is 9.81. The Morgan fingerprint density at radius 3 is 2.32 bits per heavy atom. The fraction of sp³-hybridized carbons (Fsp3) is 0.400. The van der Waals surface area contributed by atoms with E-state index in [2.05, 4.69) is 13.2 Å². The Hall–Kier alpha value is -2.59. The van der Waals surface area contributed by atoms with Gasteiger partial charge in [-0.3, -0.25) is 9.69 Å². The molecule has 0 aliphatic rings.